The third-order valence-electron chi connectivity index (χ3n) is 2.74. The van der Waals surface area contributed by atoms with Gasteiger partial charge >= 0.3 is 0 Å². The molecule has 1 amide bonds. The number of fused-ring (bicyclic) bond motifs is 1. The molecule has 0 saturated heterocycles. The van der Waals surface area contributed by atoms with Gasteiger partial charge in [0.2, 0.25) is 5.91 Å². The minimum absolute atomic E-state index is 0.380. The largest absolute Gasteiger partial charge is 0.497 e. The molecule has 4 N–H and O–H groups in total. The van der Waals surface area contributed by atoms with Gasteiger partial charge in [0.1, 0.15) is 11.8 Å². The van der Waals surface area contributed by atoms with E-state index in [-0.39, 0.29) is 0 Å². The van der Waals surface area contributed by atoms with Crippen LogP contribution in [0, 0.1) is 0 Å². The lowest BCUT2D eigenvalue weighted by Gasteiger charge is -2.10. The summed E-state index contributed by atoms with van der Waals surface area (Å²) in [6.45, 7) is 0.380. The van der Waals surface area contributed by atoms with Crippen LogP contribution in [0.4, 0.5) is 0 Å². The molecule has 1 unspecified atom stereocenters. The Kier molecular flexibility index (Phi) is 3.01. The molecule has 17 heavy (non-hydrogen) atoms. The highest BCUT2D eigenvalue weighted by molar-refractivity contribution is 5.83. The van der Waals surface area contributed by atoms with E-state index in [0.717, 1.165) is 16.7 Å². The number of benzene rings is 1. The third-order valence-corrected chi connectivity index (χ3v) is 2.74. The van der Waals surface area contributed by atoms with Gasteiger partial charge in [-0.25, -0.2) is 0 Å². The van der Waals surface area contributed by atoms with Crippen molar-refractivity contribution in [1.29, 1.82) is 0 Å². The van der Waals surface area contributed by atoms with E-state index in [0.29, 0.717) is 6.54 Å². The number of nitrogens with zero attached hydrogens (tertiary/aromatic N) is 1. The molecule has 1 atom stereocenters. The molecule has 1 aromatic heterocycles. The zero-order chi connectivity index (χ0) is 12.4. The molecule has 5 heteroatoms. The Morgan fingerprint density at radius 2 is 2.24 bits per heavy atom. The lowest BCUT2D eigenvalue weighted by molar-refractivity contribution is -0.119. The number of hydrogen-bond donors (Lipinski definition) is 2. The smallest absolute Gasteiger partial charge is 0.236 e. The molecule has 0 aliphatic rings. The van der Waals surface area contributed by atoms with E-state index in [1.165, 1.54) is 0 Å². The summed E-state index contributed by atoms with van der Waals surface area (Å²) in [5, 5.41) is 1.04. The van der Waals surface area contributed by atoms with Crippen LogP contribution in [0.1, 0.15) is 0 Å². The highest BCUT2D eigenvalue weighted by Crippen LogP contribution is 2.21. The zero-order valence-electron chi connectivity index (χ0n) is 9.59. The van der Waals surface area contributed by atoms with Gasteiger partial charge in [0, 0.05) is 23.6 Å². The van der Waals surface area contributed by atoms with Crippen molar-refractivity contribution in [1.82, 2.24) is 4.57 Å². The zero-order valence-corrected chi connectivity index (χ0v) is 9.59. The maximum Gasteiger partial charge on any atom is 0.236 e. The quantitative estimate of drug-likeness (QED) is 0.804. The summed E-state index contributed by atoms with van der Waals surface area (Å²) in [6.07, 6.45) is 1.88. The molecular weight excluding hydrogens is 218 g/mol. The van der Waals surface area contributed by atoms with Crippen molar-refractivity contribution in [3.05, 3.63) is 30.5 Å². The van der Waals surface area contributed by atoms with Gasteiger partial charge in [-0.3, -0.25) is 4.79 Å². The maximum atomic E-state index is 10.9. The topological polar surface area (TPSA) is 83.3 Å². The Hall–Kier alpha value is -2.01. The van der Waals surface area contributed by atoms with E-state index in [4.69, 9.17) is 16.2 Å². The van der Waals surface area contributed by atoms with Crippen molar-refractivity contribution >= 4 is 16.8 Å². The van der Waals surface area contributed by atoms with Gasteiger partial charge in [0.15, 0.2) is 0 Å². The predicted molar refractivity (Wildman–Crippen MR) is 65.7 cm³/mol. The van der Waals surface area contributed by atoms with Crippen molar-refractivity contribution in [2.75, 3.05) is 7.11 Å². The average molecular weight is 233 g/mol. The summed E-state index contributed by atoms with van der Waals surface area (Å²) >= 11 is 0. The van der Waals surface area contributed by atoms with Gasteiger partial charge in [-0.15, -0.1) is 0 Å². The fourth-order valence-corrected chi connectivity index (χ4v) is 1.77. The molecule has 0 aliphatic heterocycles. The number of carbonyl (C=O) groups excluding carboxylic acids is 1. The molecule has 0 radical (unpaired) electrons. The molecular formula is C12H15N3O2. The third kappa shape index (κ3) is 2.24. The number of ether oxygens (including phenoxy) is 1. The molecule has 2 aromatic rings. The number of aromatic nitrogens is 1. The molecule has 90 valence electrons. The number of rotatable bonds is 4. The van der Waals surface area contributed by atoms with Gasteiger partial charge in [0.05, 0.1) is 7.11 Å². The molecule has 2 rings (SSSR count). The first kappa shape index (κ1) is 11.5. The number of hydrogen-bond acceptors (Lipinski definition) is 3. The fourth-order valence-electron chi connectivity index (χ4n) is 1.77. The van der Waals surface area contributed by atoms with Crippen molar-refractivity contribution < 1.29 is 9.53 Å². The Morgan fingerprint density at radius 3 is 2.88 bits per heavy atom. The van der Waals surface area contributed by atoms with Crippen LogP contribution in [-0.2, 0) is 11.3 Å². The molecule has 0 spiro atoms. The SMILES string of the molecule is COc1ccc2c(ccn2CC(N)C(N)=O)c1. The van der Waals surface area contributed by atoms with Crippen LogP contribution in [0.3, 0.4) is 0 Å². The summed E-state index contributed by atoms with van der Waals surface area (Å²) in [7, 11) is 1.63. The van der Waals surface area contributed by atoms with Crippen LogP contribution >= 0.6 is 0 Å². The Balaban J connectivity index is 2.33. The number of methoxy groups -OCH3 is 1. The minimum atomic E-state index is -0.673. The molecule has 0 saturated carbocycles. The first-order chi connectivity index (χ1) is 8.11. The van der Waals surface area contributed by atoms with E-state index < -0.39 is 11.9 Å². The molecule has 1 aromatic carbocycles. The average Bonchev–Trinajstić information content (AvgIpc) is 2.71. The molecule has 0 aliphatic carbocycles. The monoisotopic (exact) mass is 233 g/mol. The van der Waals surface area contributed by atoms with E-state index in [2.05, 4.69) is 0 Å². The van der Waals surface area contributed by atoms with E-state index >= 15 is 0 Å². The number of amides is 1. The maximum absolute atomic E-state index is 10.9. The Bertz CT molecular complexity index is 548. The van der Waals surface area contributed by atoms with Crippen molar-refractivity contribution in [3.8, 4) is 5.75 Å². The summed E-state index contributed by atoms with van der Waals surface area (Å²) in [4.78, 5) is 10.9. The van der Waals surface area contributed by atoms with Crippen LogP contribution in [0.5, 0.6) is 5.75 Å². The molecule has 5 nitrogen and oxygen atoms in total. The Labute approximate surface area is 98.9 Å². The standard InChI is InChI=1S/C12H15N3O2/c1-17-9-2-3-11-8(6-9)4-5-15(11)7-10(13)12(14)16/h2-6,10H,7,13H2,1H3,(H2,14,16). The summed E-state index contributed by atoms with van der Waals surface area (Å²) < 4.78 is 7.05. The van der Waals surface area contributed by atoms with Gasteiger partial charge < -0.3 is 20.8 Å². The van der Waals surface area contributed by atoms with E-state index in [1.807, 2.05) is 35.0 Å². The molecule has 0 bridgehead atoms. The fraction of sp³-hybridized carbons (Fsp3) is 0.250. The van der Waals surface area contributed by atoms with E-state index in [1.54, 1.807) is 7.11 Å². The van der Waals surface area contributed by atoms with Crippen molar-refractivity contribution in [2.45, 2.75) is 12.6 Å². The van der Waals surface area contributed by atoms with Gasteiger partial charge in [-0.2, -0.15) is 0 Å². The lowest BCUT2D eigenvalue weighted by Crippen LogP contribution is -2.39. The first-order valence-electron chi connectivity index (χ1n) is 5.29. The second-order valence-corrected chi connectivity index (χ2v) is 3.90. The normalized spacial score (nSPS) is 12.6. The van der Waals surface area contributed by atoms with Gasteiger partial charge in [0.25, 0.3) is 0 Å². The van der Waals surface area contributed by atoms with E-state index in [9.17, 15) is 4.79 Å². The Morgan fingerprint density at radius 1 is 1.47 bits per heavy atom. The second-order valence-electron chi connectivity index (χ2n) is 3.90. The molecule has 1 heterocycles. The van der Waals surface area contributed by atoms with Crippen LogP contribution in [0.25, 0.3) is 10.9 Å². The van der Waals surface area contributed by atoms with Crippen LogP contribution < -0.4 is 16.2 Å². The highest BCUT2D eigenvalue weighted by Gasteiger charge is 2.11. The first-order valence-corrected chi connectivity index (χ1v) is 5.29. The minimum Gasteiger partial charge on any atom is -0.497 e. The number of nitrogens with two attached hydrogens (primary N) is 2. The van der Waals surface area contributed by atoms with Gasteiger partial charge in [-0.05, 0) is 24.3 Å². The lowest BCUT2D eigenvalue weighted by atomic mass is 10.2. The van der Waals surface area contributed by atoms with Crippen molar-refractivity contribution in [3.63, 3.8) is 0 Å². The van der Waals surface area contributed by atoms with Crippen LogP contribution in [-0.4, -0.2) is 23.6 Å². The van der Waals surface area contributed by atoms with Gasteiger partial charge in [-0.1, -0.05) is 0 Å². The van der Waals surface area contributed by atoms with Crippen molar-refractivity contribution in [2.24, 2.45) is 11.5 Å². The molecule has 0 fully saturated rings. The predicted octanol–water partition coefficient (Wildman–Crippen LogP) is 0.462. The second kappa shape index (κ2) is 4.47. The summed E-state index contributed by atoms with van der Waals surface area (Å²) in [5.74, 6) is 0.301. The van der Waals surface area contributed by atoms with Crippen LogP contribution in [0.15, 0.2) is 30.5 Å². The van der Waals surface area contributed by atoms with Crippen LogP contribution in [0.2, 0.25) is 0 Å². The number of carbonyl (C=O) groups is 1. The highest BCUT2D eigenvalue weighted by atomic mass is 16.5. The summed E-state index contributed by atoms with van der Waals surface area (Å²) in [5.41, 5.74) is 11.8. The summed E-state index contributed by atoms with van der Waals surface area (Å²) in [6, 6.07) is 7.01. The number of primary amides is 1.